The zero-order valence-electron chi connectivity index (χ0n) is 13.9. The third kappa shape index (κ3) is 3.08. The molecule has 2 aromatic rings. The fraction of sp³-hybridized carbons (Fsp3) is 0.267. The summed E-state index contributed by atoms with van der Waals surface area (Å²) < 4.78 is 1.17. The van der Waals surface area contributed by atoms with Crippen LogP contribution in [0.25, 0.3) is 0 Å². The molecule has 10 nitrogen and oxygen atoms in total. The molecule has 2 heterocycles. The fourth-order valence-electron chi connectivity index (χ4n) is 2.66. The van der Waals surface area contributed by atoms with E-state index in [4.69, 9.17) is 5.84 Å². The number of benzene rings is 1. The summed E-state index contributed by atoms with van der Waals surface area (Å²) in [4.78, 5) is 37.3. The van der Waals surface area contributed by atoms with Gasteiger partial charge in [-0.05, 0) is 12.0 Å². The van der Waals surface area contributed by atoms with Crippen LogP contribution in [0, 0.1) is 0 Å². The lowest BCUT2D eigenvalue weighted by Crippen LogP contribution is -2.49. The van der Waals surface area contributed by atoms with Gasteiger partial charge in [-0.25, -0.2) is 9.47 Å². The Bertz CT molecular complexity index is 841. The number of rotatable bonds is 6. The summed E-state index contributed by atoms with van der Waals surface area (Å²) in [7, 11) is 0. The molecule has 4 N–H and O–H groups in total. The Labute approximate surface area is 153 Å². The zero-order valence-corrected chi connectivity index (χ0v) is 14.7. The number of hydrogen-bond acceptors (Lipinski definition) is 7. The Morgan fingerprint density at radius 2 is 2.08 bits per heavy atom. The second kappa shape index (κ2) is 7.04. The molecule has 1 aromatic carbocycles. The highest BCUT2D eigenvalue weighted by Crippen LogP contribution is 2.31. The molecule has 1 fully saturated rings. The first kappa shape index (κ1) is 17.7. The lowest BCUT2D eigenvalue weighted by Gasteiger charge is -2.25. The van der Waals surface area contributed by atoms with E-state index in [1.807, 2.05) is 6.07 Å². The summed E-state index contributed by atoms with van der Waals surface area (Å²) in [5, 5.41) is 11.1. The zero-order chi connectivity index (χ0) is 18.7. The van der Waals surface area contributed by atoms with E-state index in [0.717, 1.165) is 11.8 Å². The van der Waals surface area contributed by atoms with Crippen LogP contribution in [0.1, 0.15) is 18.9 Å². The van der Waals surface area contributed by atoms with Crippen molar-refractivity contribution in [3.8, 4) is 0 Å². The van der Waals surface area contributed by atoms with Crippen molar-refractivity contribution in [2.24, 2.45) is 0 Å². The number of carbonyl (C=O) groups excluding carboxylic acids is 3. The number of nitrogens with one attached hydrogen (secondary N) is 2. The van der Waals surface area contributed by atoms with E-state index in [2.05, 4.69) is 20.9 Å². The smallest absolute Gasteiger partial charge is 0.336 e. The van der Waals surface area contributed by atoms with Gasteiger partial charge in [0, 0.05) is 0 Å². The van der Waals surface area contributed by atoms with Gasteiger partial charge in [0.05, 0.1) is 5.75 Å². The van der Waals surface area contributed by atoms with Crippen LogP contribution in [0.5, 0.6) is 0 Å². The maximum Gasteiger partial charge on any atom is 0.344 e. The predicted molar refractivity (Wildman–Crippen MR) is 92.8 cm³/mol. The second-order valence-electron chi connectivity index (χ2n) is 5.54. The van der Waals surface area contributed by atoms with E-state index < -0.39 is 23.4 Å². The molecule has 1 unspecified atom stereocenters. The number of nitrogens with zero attached hydrogens (tertiary/aromatic N) is 4. The van der Waals surface area contributed by atoms with Crippen molar-refractivity contribution in [3.05, 3.63) is 42.2 Å². The lowest BCUT2D eigenvalue weighted by atomic mass is 9.87. The number of nitrogen functional groups attached to an aromatic ring is 1. The van der Waals surface area contributed by atoms with E-state index >= 15 is 0 Å². The van der Waals surface area contributed by atoms with Crippen molar-refractivity contribution in [3.63, 3.8) is 0 Å². The van der Waals surface area contributed by atoms with Crippen LogP contribution in [-0.2, 0) is 15.1 Å². The number of urea groups is 1. The Balaban J connectivity index is 1.71. The maximum absolute atomic E-state index is 12.9. The van der Waals surface area contributed by atoms with Crippen molar-refractivity contribution < 1.29 is 14.4 Å². The number of carbonyl (C=O) groups is 3. The van der Waals surface area contributed by atoms with Gasteiger partial charge in [-0.2, -0.15) is 5.01 Å². The first-order valence-electron chi connectivity index (χ1n) is 7.77. The highest BCUT2D eigenvalue weighted by Gasteiger charge is 2.52. The Hall–Kier alpha value is -3.08. The molecule has 1 atom stereocenters. The van der Waals surface area contributed by atoms with Crippen molar-refractivity contribution >= 4 is 29.6 Å². The fourth-order valence-corrected chi connectivity index (χ4v) is 3.29. The Kier molecular flexibility index (Phi) is 4.80. The van der Waals surface area contributed by atoms with Gasteiger partial charge >= 0.3 is 6.03 Å². The van der Waals surface area contributed by atoms with Gasteiger partial charge in [0.1, 0.15) is 11.9 Å². The number of thioether (sulfide) groups is 1. The van der Waals surface area contributed by atoms with Crippen molar-refractivity contribution in [2.75, 3.05) is 11.6 Å². The minimum atomic E-state index is -1.20. The quantitative estimate of drug-likeness (QED) is 0.366. The predicted octanol–water partition coefficient (Wildman–Crippen LogP) is -0.0275. The van der Waals surface area contributed by atoms with Gasteiger partial charge in [0.25, 0.3) is 5.91 Å². The van der Waals surface area contributed by atoms with Crippen LogP contribution in [0.3, 0.4) is 0 Å². The first-order valence-corrected chi connectivity index (χ1v) is 8.76. The van der Waals surface area contributed by atoms with Gasteiger partial charge in [0.15, 0.2) is 0 Å². The number of aromatic nitrogens is 3. The van der Waals surface area contributed by atoms with Crippen LogP contribution in [0.4, 0.5) is 4.79 Å². The summed E-state index contributed by atoms with van der Waals surface area (Å²) in [5.74, 6) is 4.41. The van der Waals surface area contributed by atoms with E-state index in [1.165, 1.54) is 11.0 Å². The summed E-state index contributed by atoms with van der Waals surface area (Å²) in [5.41, 5.74) is 1.79. The van der Waals surface area contributed by atoms with Gasteiger partial charge in [0.2, 0.25) is 11.1 Å². The van der Waals surface area contributed by atoms with Crippen LogP contribution in [-0.4, -0.2) is 43.5 Å². The van der Waals surface area contributed by atoms with Gasteiger partial charge < -0.3 is 11.2 Å². The summed E-state index contributed by atoms with van der Waals surface area (Å²) in [6.45, 7) is 1.79. The summed E-state index contributed by atoms with van der Waals surface area (Å²) in [6, 6.07) is 8.23. The second-order valence-corrected chi connectivity index (χ2v) is 6.48. The maximum atomic E-state index is 12.9. The van der Waals surface area contributed by atoms with Crippen LogP contribution < -0.4 is 16.6 Å². The molecule has 0 aliphatic carbocycles. The summed E-state index contributed by atoms with van der Waals surface area (Å²) in [6.07, 6.45) is 1.64. The van der Waals surface area contributed by atoms with Gasteiger partial charge in [-0.1, -0.05) is 49.0 Å². The van der Waals surface area contributed by atoms with Crippen LogP contribution in [0.15, 0.2) is 41.8 Å². The van der Waals surface area contributed by atoms with Crippen molar-refractivity contribution in [2.45, 2.75) is 24.0 Å². The van der Waals surface area contributed by atoms with E-state index in [0.29, 0.717) is 22.1 Å². The molecule has 0 radical (unpaired) electrons. The highest BCUT2D eigenvalue weighted by molar-refractivity contribution is 7.99. The largest absolute Gasteiger partial charge is 0.344 e. The SMILES string of the molecule is CCC1(c2ccccc2)NC(=O)N(NC(=O)CSc2nncn2N)C1=O. The topological polar surface area (TPSA) is 135 Å². The molecule has 136 valence electrons. The average molecular weight is 375 g/mol. The molecule has 4 amide bonds. The molecule has 0 saturated carbocycles. The molecular weight excluding hydrogens is 358 g/mol. The monoisotopic (exact) mass is 375 g/mol. The molecule has 3 rings (SSSR count). The Morgan fingerprint density at radius 1 is 1.35 bits per heavy atom. The molecule has 1 aliphatic heterocycles. The minimum absolute atomic E-state index is 0.0859. The molecule has 1 aromatic heterocycles. The highest BCUT2D eigenvalue weighted by atomic mass is 32.2. The molecule has 26 heavy (non-hydrogen) atoms. The normalized spacial score (nSPS) is 19.5. The number of hydrazine groups is 1. The number of hydrogen-bond donors (Lipinski definition) is 3. The minimum Gasteiger partial charge on any atom is -0.336 e. The standard InChI is InChI=1S/C15H17N7O3S/c1-2-15(10-6-4-3-5-7-10)12(24)22(13(25)18-15)20-11(23)8-26-14-19-17-9-21(14)16/h3-7,9H,2,8,16H2,1H3,(H,18,25)(H,20,23). The third-order valence-corrected chi connectivity index (χ3v) is 4.95. The van der Waals surface area contributed by atoms with Crippen LogP contribution in [0.2, 0.25) is 0 Å². The number of nitrogens with two attached hydrogens (primary N) is 1. The molecule has 0 bridgehead atoms. The Morgan fingerprint density at radius 3 is 2.69 bits per heavy atom. The van der Waals surface area contributed by atoms with E-state index in [1.54, 1.807) is 31.2 Å². The van der Waals surface area contributed by atoms with Gasteiger partial charge in [-0.15, -0.1) is 10.2 Å². The van der Waals surface area contributed by atoms with Crippen molar-refractivity contribution in [1.82, 2.24) is 30.6 Å². The third-order valence-electron chi connectivity index (χ3n) is 4.00. The molecular formula is C15H17N7O3S. The number of amides is 4. The first-order chi connectivity index (χ1) is 12.5. The lowest BCUT2D eigenvalue weighted by molar-refractivity contribution is -0.138. The molecule has 1 aliphatic rings. The number of imide groups is 1. The van der Waals surface area contributed by atoms with Crippen LogP contribution >= 0.6 is 11.8 Å². The van der Waals surface area contributed by atoms with E-state index in [9.17, 15) is 14.4 Å². The van der Waals surface area contributed by atoms with Gasteiger partial charge in [-0.3, -0.25) is 15.0 Å². The molecule has 11 heteroatoms. The van der Waals surface area contributed by atoms with E-state index in [-0.39, 0.29) is 5.75 Å². The molecule has 1 saturated heterocycles. The average Bonchev–Trinajstić information content (AvgIpc) is 3.17. The van der Waals surface area contributed by atoms with Crippen molar-refractivity contribution in [1.29, 1.82) is 0 Å². The summed E-state index contributed by atoms with van der Waals surface area (Å²) >= 11 is 1.03. The molecule has 0 spiro atoms.